The molecule has 0 bridgehead atoms. The number of carbonyl (C=O) groups excluding carboxylic acids is 1. The van der Waals surface area contributed by atoms with E-state index in [1.807, 2.05) is 30.3 Å². The Kier molecular flexibility index (Phi) is 3.77. The molecule has 70 valence electrons. The maximum Gasteiger partial charge on any atom is 0.303 e. The minimum Gasteiger partial charge on any atom is -0.456 e. The highest BCUT2D eigenvalue weighted by Crippen LogP contribution is 2.18. The Balaban J connectivity index is 2.73. The van der Waals surface area contributed by atoms with Gasteiger partial charge < -0.3 is 4.74 Å². The summed E-state index contributed by atoms with van der Waals surface area (Å²) in [4.78, 5) is 10.7. The standard InChI is InChI=1S/C10H11ClO2/c1-8(12)13-10(7-11)9-5-3-2-4-6-9/h2-6,10H,7H2,1H3. The zero-order valence-electron chi connectivity index (χ0n) is 7.37. The maximum atomic E-state index is 10.7. The lowest BCUT2D eigenvalue weighted by Gasteiger charge is -2.13. The van der Waals surface area contributed by atoms with Gasteiger partial charge in [0.2, 0.25) is 0 Å². The van der Waals surface area contributed by atoms with Crippen LogP contribution in [-0.2, 0) is 9.53 Å². The second kappa shape index (κ2) is 4.87. The third-order valence-electron chi connectivity index (χ3n) is 1.62. The van der Waals surface area contributed by atoms with Crippen molar-refractivity contribution in [3.63, 3.8) is 0 Å². The molecule has 1 unspecified atom stereocenters. The van der Waals surface area contributed by atoms with E-state index >= 15 is 0 Å². The smallest absolute Gasteiger partial charge is 0.303 e. The molecule has 0 radical (unpaired) electrons. The summed E-state index contributed by atoms with van der Waals surface area (Å²) in [7, 11) is 0. The zero-order valence-corrected chi connectivity index (χ0v) is 8.12. The van der Waals surface area contributed by atoms with Crippen LogP contribution in [-0.4, -0.2) is 11.8 Å². The lowest BCUT2D eigenvalue weighted by Crippen LogP contribution is -2.09. The molecule has 1 rings (SSSR count). The summed E-state index contributed by atoms with van der Waals surface area (Å²) < 4.78 is 5.01. The van der Waals surface area contributed by atoms with E-state index in [2.05, 4.69) is 0 Å². The van der Waals surface area contributed by atoms with Crippen LogP contribution in [0, 0.1) is 0 Å². The van der Waals surface area contributed by atoms with Crippen molar-refractivity contribution in [2.75, 3.05) is 5.88 Å². The minimum atomic E-state index is -0.333. The highest BCUT2D eigenvalue weighted by molar-refractivity contribution is 6.18. The van der Waals surface area contributed by atoms with E-state index in [4.69, 9.17) is 16.3 Å². The number of hydrogen-bond acceptors (Lipinski definition) is 2. The van der Waals surface area contributed by atoms with Gasteiger partial charge >= 0.3 is 5.97 Å². The first kappa shape index (κ1) is 10.1. The van der Waals surface area contributed by atoms with Crippen LogP contribution in [0.2, 0.25) is 0 Å². The molecule has 1 aromatic carbocycles. The third-order valence-corrected chi connectivity index (χ3v) is 1.90. The van der Waals surface area contributed by atoms with E-state index in [1.165, 1.54) is 6.92 Å². The van der Waals surface area contributed by atoms with E-state index in [0.717, 1.165) is 5.56 Å². The molecule has 0 saturated heterocycles. The highest BCUT2D eigenvalue weighted by Gasteiger charge is 2.12. The van der Waals surface area contributed by atoms with Gasteiger partial charge in [-0.1, -0.05) is 30.3 Å². The van der Waals surface area contributed by atoms with Gasteiger partial charge in [0.25, 0.3) is 0 Å². The number of alkyl halides is 1. The summed E-state index contributed by atoms with van der Waals surface area (Å²) in [5.41, 5.74) is 0.924. The average Bonchev–Trinajstić information content (AvgIpc) is 2.15. The first-order valence-electron chi connectivity index (χ1n) is 4.02. The lowest BCUT2D eigenvalue weighted by atomic mass is 10.1. The fourth-order valence-corrected chi connectivity index (χ4v) is 1.30. The number of carbonyl (C=O) groups is 1. The van der Waals surface area contributed by atoms with Crippen LogP contribution >= 0.6 is 11.6 Å². The molecule has 0 N–H and O–H groups in total. The molecule has 0 amide bonds. The molecule has 0 saturated carbocycles. The van der Waals surface area contributed by atoms with Gasteiger partial charge in [-0.15, -0.1) is 11.6 Å². The number of hydrogen-bond donors (Lipinski definition) is 0. The molecule has 1 atom stereocenters. The van der Waals surface area contributed by atoms with E-state index in [9.17, 15) is 4.79 Å². The first-order chi connectivity index (χ1) is 6.24. The third kappa shape index (κ3) is 3.07. The molecule has 0 aliphatic carbocycles. The Labute approximate surface area is 82.5 Å². The molecule has 0 aliphatic rings. The molecular weight excluding hydrogens is 188 g/mol. The number of ether oxygens (including phenoxy) is 1. The van der Waals surface area contributed by atoms with Crippen molar-refractivity contribution in [1.82, 2.24) is 0 Å². The second-order valence-corrected chi connectivity index (χ2v) is 2.97. The Bertz CT molecular complexity index is 272. The van der Waals surface area contributed by atoms with Crippen LogP contribution in [0.1, 0.15) is 18.6 Å². The summed E-state index contributed by atoms with van der Waals surface area (Å²) in [5, 5.41) is 0. The van der Waals surface area contributed by atoms with Gasteiger partial charge in [-0.2, -0.15) is 0 Å². The quantitative estimate of drug-likeness (QED) is 0.551. The van der Waals surface area contributed by atoms with Crippen molar-refractivity contribution in [3.8, 4) is 0 Å². The van der Waals surface area contributed by atoms with Crippen LogP contribution in [0.15, 0.2) is 30.3 Å². The van der Waals surface area contributed by atoms with Crippen LogP contribution in [0.5, 0.6) is 0 Å². The van der Waals surface area contributed by atoms with Crippen molar-refractivity contribution in [1.29, 1.82) is 0 Å². The first-order valence-corrected chi connectivity index (χ1v) is 4.55. The SMILES string of the molecule is CC(=O)OC(CCl)c1ccccc1. The molecule has 0 aromatic heterocycles. The molecule has 3 heteroatoms. The predicted octanol–water partition coefficient (Wildman–Crippen LogP) is 2.53. The van der Waals surface area contributed by atoms with Crippen molar-refractivity contribution >= 4 is 17.6 Å². The number of halogens is 1. The van der Waals surface area contributed by atoms with Crippen molar-refractivity contribution < 1.29 is 9.53 Å². The Morgan fingerprint density at radius 1 is 1.46 bits per heavy atom. The lowest BCUT2D eigenvalue weighted by molar-refractivity contribution is -0.145. The second-order valence-electron chi connectivity index (χ2n) is 2.66. The summed E-state index contributed by atoms with van der Waals surface area (Å²) >= 11 is 5.67. The summed E-state index contributed by atoms with van der Waals surface area (Å²) in [6.45, 7) is 1.38. The number of benzene rings is 1. The van der Waals surface area contributed by atoms with Gasteiger partial charge in [-0.3, -0.25) is 4.79 Å². The minimum absolute atomic E-state index is 0.281. The van der Waals surface area contributed by atoms with Gasteiger partial charge in [-0.05, 0) is 5.56 Å². The van der Waals surface area contributed by atoms with E-state index < -0.39 is 0 Å². The predicted molar refractivity (Wildman–Crippen MR) is 51.7 cm³/mol. The molecule has 0 fully saturated rings. The molecular formula is C10H11ClO2. The van der Waals surface area contributed by atoms with Gasteiger partial charge in [0.15, 0.2) is 0 Å². The summed E-state index contributed by atoms with van der Waals surface area (Å²) in [6, 6.07) is 9.45. The van der Waals surface area contributed by atoms with Crippen molar-refractivity contribution in [3.05, 3.63) is 35.9 Å². The van der Waals surface area contributed by atoms with Crippen molar-refractivity contribution in [2.45, 2.75) is 13.0 Å². The number of rotatable bonds is 3. The maximum absolute atomic E-state index is 10.7. The van der Waals surface area contributed by atoms with Crippen LogP contribution in [0.25, 0.3) is 0 Å². The van der Waals surface area contributed by atoms with Gasteiger partial charge in [-0.25, -0.2) is 0 Å². The Morgan fingerprint density at radius 3 is 2.54 bits per heavy atom. The van der Waals surface area contributed by atoms with Crippen LogP contribution < -0.4 is 0 Å². The Morgan fingerprint density at radius 2 is 2.08 bits per heavy atom. The van der Waals surface area contributed by atoms with E-state index in [1.54, 1.807) is 0 Å². The highest BCUT2D eigenvalue weighted by atomic mass is 35.5. The normalized spacial score (nSPS) is 12.2. The topological polar surface area (TPSA) is 26.3 Å². The van der Waals surface area contributed by atoms with Gasteiger partial charge in [0.05, 0.1) is 5.88 Å². The summed E-state index contributed by atoms with van der Waals surface area (Å²) in [5.74, 6) is -0.0293. The van der Waals surface area contributed by atoms with Crippen LogP contribution in [0.4, 0.5) is 0 Å². The summed E-state index contributed by atoms with van der Waals surface area (Å²) in [6.07, 6.45) is -0.333. The molecule has 0 spiro atoms. The number of esters is 1. The molecule has 13 heavy (non-hydrogen) atoms. The monoisotopic (exact) mass is 198 g/mol. The fourth-order valence-electron chi connectivity index (χ4n) is 1.06. The zero-order chi connectivity index (χ0) is 9.68. The molecule has 0 heterocycles. The Hall–Kier alpha value is -1.02. The van der Waals surface area contributed by atoms with E-state index in [-0.39, 0.29) is 18.0 Å². The fraction of sp³-hybridized carbons (Fsp3) is 0.300. The molecule has 2 nitrogen and oxygen atoms in total. The average molecular weight is 199 g/mol. The van der Waals surface area contributed by atoms with E-state index in [0.29, 0.717) is 0 Å². The van der Waals surface area contributed by atoms with Crippen molar-refractivity contribution in [2.24, 2.45) is 0 Å². The molecule has 0 aliphatic heterocycles. The largest absolute Gasteiger partial charge is 0.456 e. The van der Waals surface area contributed by atoms with Gasteiger partial charge in [0, 0.05) is 6.92 Å². The van der Waals surface area contributed by atoms with Gasteiger partial charge in [0.1, 0.15) is 6.10 Å². The molecule has 1 aromatic rings. The van der Waals surface area contributed by atoms with Crippen LogP contribution in [0.3, 0.4) is 0 Å².